The van der Waals surface area contributed by atoms with E-state index >= 15 is 0 Å². The van der Waals surface area contributed by atoms with E-state index in [1.807, 2.05) is 17.9 Å². The lowest BCUT2D eigenvalue weighted by atomic mass is 9.96. The molecule has 1 aliphatic rings. The maximum atomic E-state index is 12.4. The SMILES string of the molecule is CC(Cc1cccs1)C(=O)N1CCC(N)CC1C. The van der Waals surface area contributed by atoms with Crippen LogP contribution in [0.15, 0.2) is 17.5 Å². The van der Waals surface area contributed by atoms with E-state index in [0.29, 0.717) is 0 Å². The van der Waals surface area contributed by atoms with Crippen LogP contribution in [-0.2, 0) is 11.2 Å². The molecule has 1 amide bonds. The van der Waals surface area contributed by atoms with Crippen LogP contribution >= 0.6 is 11.3 Å². The van der Waals surface area contributed by atoms with E-state index in [9.17, 15) is 4.79 Å². The third-order valence-electron chi connectivity index (χ3n) is 3.71. The van der Waals surface area contributed by atoms with Crippen LogP contribution in [0.1, 0.15) is 31.6 Å². The molecule has 1 fully saturated rings. The fraction of sp³-hybridized carbons (Fsp3) is 0.643. The first-order chi connectivity index (χ1) is 8.58. The molecule has 100 valence electrons. The highest BCUT2D eigenvalue weighted by Crippen LogP contribution is 2.21. The largest absolute Gasteiger partial charge is 0.340 e. The maximum Gasteiger partial charge on any atom is 0.226 e. The highest BCUT2D eigenvalue weighted by atomic mass is 32.1. The van der Waals surface area contributed by atoms with Crippen molar-refractivity contribution in [3.05, 3.63) is 22.4 Å². The Morgan fingerprint density at radius 1 is 1.67 bits per heavy atom. The number of nitrogens with two attached hydrogens (primary N) is 1. The first kappa shape index (κ1) is 13.6. The van der Waals surface area contributed by atoms with E-state index < -0.39 is 0 Å². The van der Waals surface area contributed by atoms with Gasteiger partial charge in [-0.05, 0) is 37.6 Å². The average Bonchev–Trinajstić information content (AvgIpc) is 2.81. The van der Waals surface area contributed by atoms with E-state index in [1.54, 1.807) is 11.3 Å². The summed E-state index contributed by atoms with van der Waals surface area (Å²) in [6, 6.07) is 4.69. The van der Waals surface area contributed by atoms with Crippen molar-refractivity contribution >= 4 is 17.2 Å². The van der Waals surface area contributed by atoms with Crippen LogP contribution in [0.4, 0.5) is 0 Å². The van der Waals surface area contributed by atoms with Crippen LogP contribution in [0.5, 0.6) is 0 Å². The summed E-state index contributed by atoms with van der Waals surface area (Å²) >= 11 is 1.73. The smallest absolute Gasteiger partial charge is 0.226 e. The highest BCUT2D eigenvalue weighted by molar-refractivity contribution is 7.09. The summed E-state index contributed by atoms with van der Waals surface area (Å²) in [6.07, 6.45) is 2.71. The molecule has 4 heteroatoms. The van der Waals surface area contributed by atoms with Crippen molar-refractivity contribution in [3.63, 3.8) is 0 Å². The zero-order chi connectivity index (χ0) is 13.1. The second kappa shape index (κ2) is 5.85. The standard InChI is InChI=1S/C14H22N2OS/c1-10(8-13-4-3-7-18-13)14(17)16-6-5-12(15)9-11(16)2/h3-4,7,10-12H,5-6,8-9,15H2,1-2H3. The lowest BCUT2D eigenvalue weighted by Gasteiger charge is -2.37. The van der Waals surface area contributed by atoms with Gasteiger partial charge in [0.25, 0.3) is 0 Å². The second-order valence-corrected chi connectivity index (χ2v) is 6.38. The predicted octanol–water partition coefficient (Wildman–Crippen LogP) is 2.26. The van der Waals surface area contributed by atoms with Crippen molar-refractivity contribution in [2.45, 2.75) is 45.2 Å². The van der Waals surface area contributed by atoms with Crippen LogP contribution < -0.4 is 5.73 Å². The number of carbonyl (C=O) groups is 1. The highest BCUT2D eigenvalue weighted by Gasteiger charge is 2.29. The zero-order valence-corrected chi connectivity index (χ0v) is 12.0. The summed E-state index contributed by atoms with van der Waals surface area (Å²) < 4.78 is 0. The predicted molar refractivity (Wildman–Crippen MR) is 75.6 cm³/mol. The van der Waals surface area contributed by atoms with Gasteiger partial charge in [0.05, 0.1) is 0 Å². The van der Waals surface area contributed by atoms with Crippen molar-refractivity contribution < 1.29 is 4.79 Å². The van der Waals surface area contributed by atoms with Crippen molar-refractivity contribution in [1.29, 1.82) is 0 Å². The molecule has 3 nitrogen and oxygen atoms in total. The van der Waals surface area contributed by atoms with Crippen LogP contribution in [0.25, 0.3) is 0 Å². The maximum absolute atomic E-state index is 12.4. The Morgan fingerprint density at radius 3 is 3.06 bits per heavy atom. The van der Waals surface area contributed by atoms with E-state index in [-0.39, 0.29) is 23.9 Å². The number of carbonyl (C=O) groups excluding carboxylic acids is 1. The lowest BCUT2D eigenvalue weighted by molar-refractivity contribution is -0.138. The number of amides is 1. The molecule has 0 saturated carbocycles. The van der Waals surface area contributed by atoms with Gasteiger partial charge in [-0.3, -0.25) is 4.79 Å². The van der Waals surface area contributed by atoms with Crippen LogP contribution in [-0.4, -0.2) is 29.4 Å². The van der Waals surface area contributed by atoms with Crippen molar-refractivity contribution in [2.24, 2.45) is 11.7 Å². The molecule has 1 aromatic heterocycles. The molecule has 0 aliphatic carbocycles. The number of hydrogen-bond acceptors (Lipinski definition) is 3. The van der Waals surface area contributed by atoms with Crippen molar-refractivity contribution in [1.82, 2.24) is 4.90 Å². The lowest BCUT2D eigenvalue weighted by Crippen LogP contribution is -2.50. The van der Waals surface area contributed by atoms with Crippen molar-refractivity contribution in [3.8, 4) is 0 Å². The summed E-state index contributed by atoms with van der Waals surface area (Å²) in [5.74, 6) is 0.350. The molecule has 3 atom stereocenters. The Kier molecular flexibility index (Phi) is 4.40. The first-order valence-electron chi connectivity index (χ1n) is 6.66. The minimum Gasteiger partial charge on any atom is -0.340 e. The number of thiophene rings is 1. The topological polar surface area (TPSA) is 46.3 Å². The molecular formula is C14H22N2OS. The quantitative estimate of drug-likeness (QED) is 0.912. The Bertz CT molecular complexity index is 391. The molecule has 1 aromatic rings. The number of piperidine rings is 1. The van der Waals surface area contributed by atoms with Gasteiger partial charge < -0.3 is 10.6 Å². The normalized spacial score (nSPS) is 26.1. The van der Waals surface area contributed by atoms with E-state index in [2.05, 4.69) is 18.4 Å². The van der Waals surface area contributed by atoms with Gasteiger partial charge in [-0.2, -0.15) is 0 Å². The Hall–Kier alpha value is -0.870. The Morgan fingerprint density at radius 2 is 2.44 bits per heavy atom. The van der Waals surface area contributed by atoms with Gasteiger partial charge in [-0.25, -0.2) is 0 Å². The molecule has 0 aromatic carbocycles. The zero-order valence-electron chi connectivity index (χ0n) is 11.1. The summed E-state index contributed by atoms with van der Waals surface area (Å²) in [6.45, 7) is 4.95. The van der Waals surface area contributed by atoms with Gasteiger partial charge in [-0.15, -0.1) is 11.3 Å². The van der Waals surface area contributed by atoms with Gasteiger partial charge in [-0.1, -0.05) is 13.0 Å². The molecule has 2 N–H and O–H groups in total. The fourth-order valence-electron chi connectivity index (χ4n) is 2.64. The third-order valence-corrected chi connectivity index (χ3v) is 4.61. The molecule has 0 spiro atoms. The molecule has 0 bridgehead atoms. The molecular weight excluding hydrogens is 244 g/mol. The molecule has 1 saturated heterocycles. The molecule has 1 aliphatic heterocycles. The van der Waals surface area contributed by atoms with Crippen LogP contribution in [0.2, 0.25) is 0 Å². The number of nitrogens with zero attached hydrogens (tertiary/aromatic N) is 1. The van der Waals surface area contributed by atoms with E-state index in [4.69, 9.17) is 5.73 Å². The monoisotopic (exact) mass is 266 g/mol. The van der Waals surface area contributed by atoms with E-state index in [1.165, 1.54) is 4.88 Å². The second-order valence-electron chi connectivity index (χ2n) is 5.35. The first-order valence-corrected chi connectivity index (χ1v) is 7.54. The van der Waals surface area contributed by atoms with Gasteiger partial charge in [0.1, 0.15) is 0 Å². The number of rotatable bonds is 3. The summed E-state index contributed by atoms with van der Waals surface area (Å²) in [4.78, 5) is 15.7. The van der Waals surface area contributed by atoms with Gasteiger partial charge in [0.15, 0.2) is 0 Å². The van der Waals surface area contributed by atoms with Gasteiger partial charge in [0.2, 0.25) is 5.91 Å². The molecule has 18 heavy (non-hydrogen) atoms. The third kappa shape index (κ3) is 3.12. The van der Waals surface area contributed by atoms with Gasteiger partial charge in [0, 0.05) is 29.4 Å². The number of hydrogen-bond donors (Lipinski definition) is 1. The van der Waals surface area contributed by atoms with Crippen molar-refractivity contribution in [2.75, 3.05) is 6.54 Å². The molecule has 2 rings (SSSR count). The van der Waals surface area contributed by atoms with Crippen LogP contribution in [0, 0.1) is 5.92 Å². The minimum absolute atomic E-state index is 0.0698. The number of likely N-dealkylation sites (tertiary alicyclic amines) is 1. The van der Waals surface area contributed by atoms with E-state index in [0.717, 1.165) is 25.8 Å². The van der Waals surface area contributed by atoms with Gasteiger partial charge >= 0.3 is 0 Å². The average molecular weight is 266 g/mol. The summed E-state index contributed by atoms with van der Waals surface area (Å²) in [5.41, 5.74) is 5.94. The molecule has 3 unspecified atom stereocenters. The minimum atomic E-state index is 0.0698. The Balaban J connectivity index is 1.94. The molecule has 2 heterocycles. The van der Waals surface area contributed by atoms with Crippen LogP contribution in [0.3, 0.4) is 0 Å². The fourth-order valence-corrected chi connectivity index (χ4v) is 3.47. The Labute approximate surface area is 113 Å². The summed E-state index contributed by atoms with van der Waals surface area (Å²) in [5, 5.41) is 2.06. The molecule has 0 radical (unpaired) electrons. The summed E-state index contributed by atoms with van der Waals surface area (Å²) in [7, 11) is 0.